The number of anilines is 1. The summed E-state index contributed by atoms with van der Waals surface area (Å²) in [6.07, 6.45) is 3.59. The fourth-order valence-corrected chi connectivity index (χ4v) is 3.45. The molecular weight excluding hydrogens is 314 g/mol. The van der Waals surface area contributed by atoms with Crippen LogP contribution in [0.1, 0.15) is 30.1 Å². The summed E-state index contributed by atoms with van der Waals surface area (Å²) < 4.78 is 25.9. The summed E-state index contributed by atoms with van der Waals surface area (Å²) in [6, 6.07) is 6.45. The van der Waals surface area contributed by atoms with Crippen LogP contribution in [0.2, 0.25) is 0 Å². The first kappa shape index (κ1) is 17.5. The lowest BCUT2D eigenvalue weighted by atomic mass is 10.1. The molecule has 1 aliphatic heterocycles. The molecule has 126 valence electrons. The highest BCUT2D eigenvalue weighted by atomic mass is 32.2. The van der Waals surface area contributed by atoms with Gasteiger partial charge in [-0.15, -0.1) is 0 Å². The number of carbonyl (C=O) groups is 1. The Hall–Kier alpha value is -1.86. The van der Waals surface area contributed by atoms with E-state index in [-0.39, 0.29) is 11.7 Å². The van der Waals surface area contributed by atoms with Gasteiger partial charge in [0.2, 0.25) is 10.0 Å². The van der Waals surface area contributed by atoms with Crippen LogP contribution in [-0.4, -0.2) is 39.7 Å². The van der Waals surface area contributed by atoms with Crippen molar-refractivity contribution in [2.45, 2.75) is 19.8 Å². The van der Waals surface area contributed by atoms with E-state index < -0.39 is 10.0 Å². The van der Waals surface area contributed by atoms with Gasteiger partial charge in [0.1, 0.15) is 0 Å². The van der Waals surface area contributed by atoms with Gasteiger partial charge < -0.3 is 10.6 Å². The normalized spacial score (nSPS) is 14.9. The smallest absolute Gasteiger partial charge is 0.251 e. The van der Waals surface area contributed by atoms with Crippen LogP contribution in [0.3, 0.4) is 0 Å². The van der Waals surface area contributed by atoms with E-state index in [0.29, 0.717) is 24.2 Å². The summed E-state index contributed by atoms with van der Waals surface area (Å²) in [5.74, 6) is -0.0773. The van der Waals surface area contributed by atoms with Crippen LogP contribution >= 0.6 is 0 Å². The monoisotopic (exact) mass is 337 g/mol. The summed E-state index contributed by atoms with van der Waals surface area (Å²) in [5, 5.41) is 6.11. The molecule has 0 aromatic heterocycles. The molecule has 1 amide bonds. The number of hydrogen-bond donors (Lipinski definition) is 3. The van der Waals surface area contributed by atoms with E-state index in [2.05, 4.69) is 21.4 Å². The Morgan fingerprint density at radius 3 is 2.61 bits per heavy atom. The molecule has 0 spiro atoms. The fourth-order valence-electron chi connectivity index (χ4n) is 2.31. The lowest BCUT2D eigenvalue weighted by molar-refractivity contribution is 0.0956. The van der Waals surface area contributed by atoms with Gasteiger partial charge in [0, 0.05) is 24.3 Å². The average Bonchev–Trinajstić information content (AvgIpc) is 2.54. The topological polar surface area (TPSA) is 87.3 Å². The molecule has 1 heterocycles. The van der Waals surface area contributed by atoms with E-state index >= 15 is 0 Å². The highest BCUT2D eigenvalue weighted by Gasteiger charge is 2.11. The van der Waals surface area contributed by atoms with Gasteiger partial charge in [-0.2, -0.15) is 0 Å². The quantitative estimate of drug-likeness (QED) is 0.658. The molecule has 0 radical (unpaired) electrons. The predicted molar refractivity (Wildman–Crippen MR) is 92.0 cm³/mol. The predicted octanol–water partition coefficient (Wildman–Crippen LogP) is 1.49. The molecule has 7 heteroatoms. The van der Waals surface area contributed by atoms with Crippen molar-refractivity contribution in [3.63, 3.8) is 0 Å². The Labute approximate surface area is 137 Å². The second-order valence-electron chi connectivity index (χ2n) is 5.50. The second kappa shape index (κ2) is 8.12. The molecule has 0 fully saturated rings. The van der Waals surface area contributed by atoms with Gasteiger partial charge >= 0.3 is 0 Å². The number of hydrogen-bond acceptors (Lipinski definition) is 4. The van der Waals surface area contributed by atoms with Gasteiger partial charge in [0.05, 0.1) is 5.75 Å². The van der Waals surface area contributed by atoms with Gasteiger partial charge in [-0.1, -0.05) is 18.6 Å². The Bertz CT molecular complexity index is 666. The standard InChI is InChI=1S/C16H23N3O3S/c1-2-11-23(21,22)19-15-5-3-14(4-6-15)16(20)18-12-13-7-9-17-10-8-13/h3-7,17,19H,2,8-12H2,1H3,(H,18,20). The minimum absolute atomic E-state index is 0.0825. The summed E-state index contributed by atoms with van der Waals surface area (Å²) >= 11 is 0. The number of amides is 1. The number of carbonyl (C=O) groups excluding carboxylic acids is 1. The van der Waals surface area contributed by atoms with Gasteiger partial charge in [-0.25, -0.2) is 8.42 Å². The van der Waals surface area contributed by atoms with Crippen LogP contribution in [0.5, 0.6) is 0 Å². The lowest BCUT2D eigenvalue weighted by Crippen LogP contribution is -2.29. The minimum Gasteiger partial charge on any atom is -0.348 e. The summed E-state index contributed by atoms with van der Waals surface area (Å²) in [7, 11) is -3.31. The third-order valence-corrected chi connectivity index (χ3v) is 5.02. The van der Waals surface area contributed by atoms with Gasteiger partial charge in [0.15, 0.2) is 0 Å². The van der Waals surface area contributed by atoms with Crippen molar-refractivity contribution < 1.29 is 13.2 Å². The van der Waals surface area contributed by atoms with Crippen LogP contribution < -0.4 is 15.4 Å². The van der Waals surface area contributed by atoms with Crippen LogP contribution in [0.25, 0.3) is 0 Å². The zero-order chi connectivity index (χ0) is 16.7. The molecule has 0 unspecified atom stereocenters. The third-order valence-electron chi connectivity index (χ3n) is 3.53. The number of rotatable bonds is 7. The lowest BCUT2D eigenvalue weighted by Gasteiger charge is -2.14. The first-order valence-corrected chi connectivity index (χ1v) is 9.43. The fraction of sp³-hybridized carbons (Fsp3) is 0.438. The molecule has 0 aliphatic carbocycles. The van der Waals surface area contributed by atoms with Gasteiger partial charge in [0.25, 0.3) is 5.91 Å². The molecule has 3 N–H and O–H groups in total. The molecular formula is C16H23N3O3S. The van der Waals surface area contributed by atoms with Crippen molar-refractivity contribution in [3.05, 3.63) is 41.5 Å². The Morgan fingerprint density at radius 1 is 1.26 bits per heavy atom. The second-order valence-corrected chi connectivity index (χ2v) is 7.34. The largest absolute Gasteiger partial charge is 0.348 e. The first-order chi connectivity index (χ1) is 11.0. The molecule has 2 rings (SSSR count). The van der Waals surface area contributed by atoms with E-state index in [1.807, 2.05) is 6.92 Å². The highest BCUT2D eigenvalue weighted by molar-refractivity contribution is 7.92. The van der Waals surface area contributed by atoms with Crippen molar-refractivity contribution in [3.8, 4) is 0 Å². The maximum absolute atomic E-state index is 12.1. The summed E-state index contributed by atoms with van der Waals surface area (Å²) in [6.45, 7) is 4.14. The van der Waals surface area contributed by atoms with Crippen molar-refractivity contribution in [2.24, 2.45) is 0 Å². The Balaban J connectivity index is 1.90. The van der Waals surface area contributed by atoms with Gasteiger partial charge in [-0.05, 0) is 43.7 Å². The van der Waals surface area contributed by atoms with E-state index in [9.17, 15) is 13.2 Å². The number of sulfonamides is 1. The first-order valence-electron chi connectivity index (χ1n) is 7.77. The van der Waals surface area contributed by atoms with Gasteiger partial charge in [-0.3, -0.25) is 9.52 Å². The zero-order valence-corrected chi connectivity index (χ0v) is 14.1. The number of benzene rings is 1. The van der Waals surface area contributed by atoms with Crippen LogP contribution in [0.4, 0.5) is 5.69 Å². The van der Waals surface area contributed by atoms with E-state index in [0.717, 1.165) is 19.5 Å². The average molecular weight is 337 g/mol. The highest BCUT2D eigenvalue weighted by Crippen LogP contribution is 2.12. The molecule has 1 aliphatic rings. The molecule has 0 saturated carbocycles. The molecule has 1 aromatic rings. The van der Waals surface area contributed by atoms with Crippen LogP contribution in [0.15, 0.2) is 35.9 Å². The summed E-state index contributed by atoms with van der Waals surface area (Å²) in [5.41, 5.74) is 2.20. The van der Waals surface area contributed by atoms with E-state index in [1.54, 1.807) is 24.3 Å². The SMILES string of the molecule is CCCS(=O)(=O)Nc1ccc(C(=O)NCC2=CCNCC2)cc1. The third kappa shape index (κ3) is 5.69. The minimum atomic E-state index is -3.31. The Morgan fingerprint density at radius 2 is 2.00 bits per heavy atom. The molecule has 6 nitrogen and oxygen atoms in total. The number of nitrogens with one attached hydrogen (secondary N) is 3. The molecule has 0 bridgehead atoms. The van der Waals surface area contributed by atoms with Crippen molar-refractivity contribution in [1.82, 2.24) is 10.6 Å². The maximum Gasteiger partial charge on any atom is 0.251 e. The zero-order valence-electron chi connectivity index (χ0n) is 13.3. The van der Waals surface area contributed by atoms with E-state index in [1.165, 1.54) is 5.57 Å². The molecule has 23 heavy (non-hydrogen) atoms. The van der Waals surface area contributed by atoms with Crippen molar-refractivity contribution >= 4 is 21.6 Å². The Kier molecular flexibility index (Phi) is 6.18. The molecule has 1 aromatic carbocycles. The van der Waals surface area contributed by atoms with Crippen molar-refractivity contribution in [2.75, 3.05) is 30.1 Å². The maximum atomic E-state index is 12.1. The molecule has 0 saturated heterocycles. The van der Waals surface area contributed by atoms with Crippen LogP contribution in [-0.2, 0) is 10.0 Å². The van der Waals surface area contributed by atoms with Crippen LogP contribution in [0, 0.1) is 0 Å². The summed E-state index contributed by atoms with van der Waals surface area (Å²) in [4.78, 5) is 12.1. The van der Waals surface area contributed by atoms with Crippen molar-refractivity contribution in [1.29, 1.82) is 0 Å². The van der Waals surface area contributed by atoms with E-state index in [4.69, 9.17) is 0 Å². The molecule has 0 atom stereocenters.